The Hall–Kier alpha value is -3.02. The van der Waals surface area contributed by atoms with Crippen LogP contribution in [0.5, 0.6) is 0 Å². The Morgan fingerprint density at radius 1 is 1.25 bits per heavy atom. The summed E-state index contributed by atoms with van der Waals surface area (Å²) >= 11 is 13.4. The predicted octanol–water partition coefficient (Wildman–Crippen LogP) is 5.29. The molecule has 0 spiro atoms. The molecule has 10 nitrogen and oxygen atoms in total. The quantitative estimate of drug-likeness (QED) is 0.336. The van der Waals surface area contributed by atoms with Gasteiger partial charge in [0.05, 0.1) is 32.0 Å². The fourth-order valence-corrected chi connectivity index (χ4v) is 5.23. The fraction of sp³-hybridized carbons (Fsp3) is 0.391. The van der Waals surface area contributed by atoms with Crippen molar-refractivity contribution in [2.75, 3.05) is 23.3 Å². The Labute approximate surface area is 220 Å². The molecule has 1 aromatic carbocycles. The Bertz CT molecular complexity index is 1360. The number of carboxylic acid groups (broad SMARTS) is 1. The van der Waals surface area contributed by atoms with Crippen molar-refractivity contribution in [2.45, 2.75) is 45.8 Å². The van der Waals surface area contributed by atoms with Crippen molar-refractivity contribution in [3.8, 4) is 0 Å². The number of H-pyrrole nitrogens is 1. The lowest BCUT2D eigenvalue weighted by atomic mass is 10.1. The molecule has 1 saturated heterocycles. The number of thiazole rings is 1. The third-order valence-electron chi connectivity index (χ3n) is 5.47. The van der Waals surface area contributed by atoms with Gasteiger partial charge < -0.3 is 25.0 Å². The molecular formula is C23H25Cl2N5O5S. The SMILES string of the molecule is Cc1[nH]c(C(=O)Nc2nc3c(N4CC[C@H](NC(=O)OC(C)(C)C)C4)cc(C(=O)O)cc3s2)c(Cl)c1Cl. The van der Waals surface area contributed by atoms with Crippen LogP contribution < -0.4 is 15.5 Å². The molecule has 13 heteroatoms. The van der Waals surface area contributed by atoms with Crippen molar-refractivity contribution < 1.29 is 24.2 Å². The number of amides is 2. The zero-order valence-electron chi connectivity index (χ0n) is 20.0. The molecule has 3 aromatic rings. The lowest BCUT2D eigenvalue weighted by Gasteiger charge is -2.22. The molecule has 4 N–H and O–H groups in total. The van der Waals surface area contributed by atoms with Gasteiger partial charge in [0.2, 0.25) is 0 Å². The number of nitrogens with one attached hydrogen (secondary N) is 3. The molecule has 1 aliphatic rings. The van der Waals surface area contributed by atoms with Crippen LogP contribution in [0, 0.1) is 6.92 Å². The van der Waals surface area contributed by atoms with Crippen LogP contribution >= 0.6 is 34.5 Å². The number of anilines is 2. The van der Waals surface area contributed by atoms with Crippen LogP contribution in [0.3, 0.4) is 0 Å². The van der Waals surface area contributed by atoms with E-state index < -0.39 is 23.6 Å². The van der Waals surface area contributed by atoms with Crippen LogP contribution in [0.25, 0.3) is 10.2 Å². The number of carbonyl (C=O) groups excluding carboxylic acids is 2. The topological polar surface area (TPSA) is 137 Å². The third kappa shape index (κ3) is 5.53. The maximum Gasteiger partial charge on any atom is 0.407 e. The maximum atomic E-state index is 12.8. The number of carboxylic acids is 1. The summed E-state index contributed by atoms with van der Waals surface area (Å²) in [5.74, 6) is -1.60. The van der Waals surface area contributed by atoms with E-state index in [1.165, 1.54) is 6.07 Å². The molecule has 0 unspecified atom stereocenters. The highest BCUT2D eigenvalue weighted by Crippen LogP contribution is 2.37. The van der Waals surface area contributed by atoms with Gasteiger partial charge in [0.15, 0.2) is 5.13 Å². The molecule has 36 heavy (non-hydrogen) atoms. The van der Waals surface area contributed by atoms with Crippen molar-refractivity contribution in [3.05, 3.63) is 39.1 Å². The Balaban J connectivity index is 1.59. The highest BCUT2D eigenvalue weighted by Gasteiger charge is 2.29. The monoisotopic (exact) mass is 553 g/mol. The average Bonchev–Trinajstić information content (AvgIpc) is 3.45. The molecule has 0 aliphatic carbocycles. The van der Waals surface area contributed by atoms with Gasteiger partial charge in [0, 0.05) is 18.8 Å². The summed E-state index contributed by atoms with van der Waals surface area (Å²) in [7, 11) is 0. The van der Waals surface area contributed by atoms with E-state index in [-0.39, 0.29) is 32.5 Å². The van der Waals surface area contributed by atoms with Gasteiger partial charge in [-0.2, -0.15) is 0 Å². The van der Waals surface area contributed by atoms with E-state index in [1.54, 1.807) is 33.8 Å². The smallest absolute Gasteiger partial charge is 0.407 e. The Morgan fingerprint density at radius 3 is 2.58 bits per heavy atom. The van der Waals surface area contributed by atoms with Gasteiger partial charge >= 0.3 is 12.1 Å². The predicted molar refractivity (Wildman–Crippen MR) is 140 cm³/mol. The fourth-order valence-electron chi connectivity index (χ4n) is 3.89. The van der Waals surface area contributed by atoms with E-state index in [2.05, 4.69) is 20.6 Å². The minimum Gasteiger partial charge on any atom is -0.478 e. The number of fused-ring (bicyclic) bond motifs is 1. The first kappa shape index (κ1) is 26.1. The Kier molecular flexibility index (Phi) is 7.09. The van der Waals surface area contributed by atoms with Gasteiger partial charge in [-0.1, -0.05) is 34.5 Å². The minimum absolute atomic E-state index is 0.0948. The van der Waals surface area contributed by atoms with Gasteiger partial charge in [-0.25, -0.2) is 14.6 Å². The average molecular weight is 554 g/mol. The van der Waals surface area contributed by atoms with Gasteiger partial charge in [-0.3, -0.25) is 10.1 Å². The molecule has 2 aromatic heterocycles. The Morgan fingerprint density at radius 2 is 1.97 bits per heavy atom. The normalized spacial score (nSPS) is 15.8. The summed E-state index contributed by atoms with van der Waals surface area (Å²) in [6, 6.07) is 2.89. The summed E-state index contributed by atoms with van der Waals surface area (Å²) in [5.41, 5.74) is 1.31. The molecule has 0 saturated carbocycles. The standard InChI is InChI=1S/C23H25Cl2N5O5S/c1-10-15(24)16(25)18(26-10)19(31)29-21-28-17-13(7-11(20(32)33)8-14(17)36-21)30-6-5-12(9-30)27-22(34)35-23(2,3)4/h7-8,12,26H,5-6,9H2,1-4H3,(H,27,34)(H,32,33)(H,28,29,31)/t12-/m0/s1. The molecule has 3 heterocycles. The molecule has 0 radical (unpaired) electrons. The van der Waals surface area contributed by atoms with Crippen LogP contribution in [0.1, 0.15) is 53.7 Å². The molecule has 2 amide bonds. The van der Waals surface area contributed by atoms with Crippen molar-refractivity contribution in [3.63, 3.8) is 0 Å². The summed E-state index contributed by atoms with van der Waals surface area (Å²) in [6.45, 7) is 8.10. The zero-order chi connectivity index (χ0) is 26.4. The van der Waals surface area contributed by atoms with Crippen LogP contribution in [0.4, 0.5) is 15.6 Å². The van der Waals surface area contributed by atoms with Crippen molar-refractivity contribution in [1.29, 1.82) is 0 Å². The van der Waals surface area contributed by atoms with Crippen LogP contribution in [0.15, 0.2) is 12.1 Å². The van der Waals surface area contributed by atoms with E-state index >= 15 is 0 Å². The number of carbonyl (C=O) groups is 3. The van der Waals surface area contributed by atoms with Crippen LogP contribution in [0.2, 0.25) is 10.0 Å². The van der Waals surface area contributed by atoms with E-state index in [1.807, 2.05) is 4.90 Å². The van der Waals surface area contributed by atoms with Gasteiger partial charge in [0.1, 0.15) is 16.8 Å². The largest absolute Gasteiger partial charge is 0.478 e. The molecule has 1 atom stereocenters. The van der Waals surface area contributed by atoms with E-state index in [4.69, 9.17) is 27.9 Å². The number of alkyl carbamates (subject to hydrolysis) is 1. The number of hydrogen-bond acceptors (Lipinski definition) is 7. The van der Waals surface area contributed by atoms with Crippen LogP contribution in [-0.2, 0) is 4.74 Å². The summed E-state index contributed by atoms with van der Waals surface area (Å²) in [6.07, 6.45) is 0.146. The number of aromatic nitrogens is 2. The lowest BCUT2D eigenvalue weighted by molar-refractivity contribution is 0.0508. The second-order valence-corrected chi connectivity index (χ2v) is 11.2. The number of rotatable bonds is 5. The zero-order valence-corrected chi connectivity index (χ0v) is 22.3. The molecular weight excluding hydrogens is 529 g/mol. The summed E-state index contributed by atoms with van der Waals surface area (Å²) in [4.78, 5) is 46.1. The number of benzene rings is 1. The number of aromatic amines is 1. The van der Waals surface area contributed by atoms with Gasteiger partial charge in [0.25, 0.3) is 5.91 Å². The second kappa shape index (κ2) is 9.79. The van der Waals surface area contributed by atoms with Gasteiger partial charge in [-0.15, -0.1) is 0 Å². The third-order valence-corrected chi connectivity index (χ3v) is 7.34. The van der Waals surface area contributed by atoms with Crippen molar-refractivity contribution in [1.82, 2.24) is 15.3 Å². The number of halogens is 2. The second-order valence-electron chi connectivity index (χ2n) is 9.45. The maximum absolute atomic E-state index is 12.8. The number of aryl methyl sites for hydroxylation is 1. The van der Waals surface area contributed by atoms with Gasteiger partial charge in [-0.05, 0) is 46.2 Å². The highest BCUT2D eigenvalue weighted by atomic mass is 35.5. The summed E-state index contributed by atoms with van der Waals surface area (Å²) in [5, 5.41) is 15.9. The van der Waals surface area contributed by atoms with E-state index in [0.29, 0.717) is 41.1 Å². The highest BCUT2D eigenvalue weighted by molar-refractivity contribution is 7.22. The summed E-state index contributed by atoms with van der Waals surface area (Å²) < 4.78 is 5.93. The number of aromatic carboxylic acids is 1. The van der Waals surface area contributed by atoms with E-state index in [0.717, 1.165) is 11.3 Å². The first-order chi connectivity index (χ1) is 16.8. The first-order valence-electron chi connectivity index (χ1n) is 11.1. The lowest BCUT2D eigenvalue weighted by Crippen LogP contribution is -2.40. The van der Waals surface area contributed by atoms with Crippen molar-refractivity contribution in [2.24, 2.45) is 0 Å². The first-order valence-corrected chi connectivity index (χ1v) is 12.7. The van der Waals surface area contributed by atoms with Crippen molar-refractivity contribution >= 4 is 73.5 Å². The number of nitrogens with zero attached hydrogens (tertiary/aromatic N) is 2. The molecule has 4 rings (SSSR count). The molecule has 0 bridgehead atoms. The molecule has 1 aliphatic heterocycles. The molecule has 1 fully saturated rings. The molecule has 192 valence electrons. The number of ether oxygens (including phenoxy) is 1. The van der Waals surface area contributed by atoms with Crippen LogP contribution in [-0.4, -0.2) is 57.8 Å². The number of hydrogen-bond donors (Lipinski definition) is 4. The minimum atomic E-state index is -1.08. The van der Waals surface area contributed by atoms with E-state index in [9.17, 15) is 19.5 Å².